The Morgan fingerprint density at radius 1 is 0.800 bits per heavy atom. The molecule has 0 aromatic heterocycles. The van der Waals surface area contributed by atoms with Crippen molar-refractivity contribution in [3.05, 3.63) is 108 Å². The number of carbonyl (C=O) groups excluding carboxylic acids is 2. The van der Waals surface area contributed by atoms with E-state index in [1.54, 1.807) is 4.90 Å². The molecule has 0 bridgehead atoms. The minimum Gasteiger partial charge on any atom is -1.00 e. The first kappa shape index (κ1) is 26.6. The molecule has 0 aliphatic carbocycles. The normalized spacial score (nSPS) is 19.0. The first-order chi connectivity index (χ1) is 16.5. The Labute approximate surface area is 228 Å². The van der Waals surface area contributed by atoms with E-state index in [-0.39, 0.29) is 36.9 Å². The summed E-state index contributed by atoms with van der Waals surface area (Å²) in [6.45, 7) is 0.682. The molecule has 1 fully saturated rings. The molecule has 1 aliphatic rings. The smallest absolute Gasteiger partial charge is 1.00 e. The van der Waals surface area contributed by atoms with Gasteiger partial charge in [0, 0.05) is 19.5 Å². The van der Waals surface area contributed by atoms with Crippen molar-refractivity contribution in [2.45, 2.75) is 37.6 Å². The van der Waals surface area contributed by atoms with Crippen LogP contribution in [0.25, 0.3) is 0 Å². The van der Waals surface area contributed by atoms with Crippen molar-refractivity contribution in [2.24, 2.45) is 0 Å². The van der Waals surface area contributed by atoms with Gasteiger partial charge in [0.15, 0.2) is 0 Å². The first-order valence-corrected chi connectivity index (χ1v) is 11.2. The molecular weight excluding hydrogens is 453 g/mol. The van der Waals surface area contributed by atoms with Gasteiger partial charge in [-0.1, -0.05) is 91.0 Å². The van der Waals surface area contributed by atoms with Crippen molar-refractivity contribution in [3.63, 3.8) is 0 Å². The molecule has 35 heavy (non-hydrogen) atoms. The summed E-state index contributed by atoms with van der Waals surface area (Å²) in [5, 5.41) is 15.3. The van der Waals surface area contributed by atoms with Crippen molar-refractivity contribution in [1.29, 1.82) is 0 Å². The molecule has 8 heteroatoms. The summed E-state index contributed by atoms with van der Waals surface area (Å²) in [5.41, 5.74) is 2.77. The summed E-state index contributed by atoms with van der Waals surface area (Å²) in [6, 6.07) is 25.8. The molecule has 7 nitrogen and oxygen atoms in total. The van der Waals surface area contributed by atoms with E-state index in [4.69, 9.17) is 0 Å². The summed E-state index contributed by atoms with van der Waals surface area (Å²) in [5.74, 6) is -1.83. The fourth-order valence-electron chi connectivity index (χ4n) is 4.06. The van der Waals surface area contributed by atoms with Gasteiger partial charge in [-0.15, -0.1) is 0 Å². The predicted molar refractivity (Wildman–Crippen MR) is 129 cm³/mol. The predicted octanol–water partition coefficient (Wildman–Crippen LogP) is -0.516. The quantitative estimate of drug-likeness (QED) is 0.268. The van der Waals surface area contributed by atoms with Gasteiger partial charge in [0.2, 0.25) is 11.8 Å². The average molecular weight is 482 g/mol. The summed E-state index contributed by atoms with van der Waals surface area (Å²) in [4.78, 5) is 39.5. The van der Waals surface area contributed by atoms with Crippen LogP contribution in [0.15, 0.2) is 91.0 Å². The van der Waals surface area contributed by atoms with Crippen molar-refractivity contribution >= 4 is 17.8 Å². The number of rotatable bonds is 10. The average Bonchev–Trinajstić information content (AvgIpc) is 3.58. The Bertz CT molecular complexity index is 1140. The van der Waals surface area contributed by atoms with E-state index in [2.05, 4.69) is 10.6 Å². The van der Waals surface area contributed by atoms with Crippen LogP contribution >= 0.6 is 0 Å². The van der Waals surface area contributed by atoms with E-state index in [0.717, 1.165) is 16.7 Å². The fourth-order valence-corrected chi connectivity index (χ4v) is 4.06. The third-order valence-corrected chi connectivity index (χ3v) is 5.88. The van der Waals surface area contributed by atoms with Crippen LogP contribution in [0.3, 0.4) is 0 Å². The van der Waals surface area contributed by atoms with Crippen LogP contribution in [-0.2, 0) is 33.9 Å². The SMILES string of the molecule is O=C(NCc1ccccc1)[C@H](Cc1ccccc1)NC(=O)[C@@H]1[C@@H](C(=O)O)N1Cc1ccccc1.[H-].[Na+]. The molecule has 176 valence electrons. The largest absolute Gasteiger partial charge is 1.00 e. The zero-order chi connectivity index (χ0) is 23.9. The zero-order valence-electron chi connectivity index (χ0n) is 20.6. The molecule has 2 amide bonds. The van der Waals surface area contributed by atoms with Crippen molar-refractivity contribution < 1.29 is 50.5 Å². The van der Waals surface area contributed by atoms with Gasteiger partial charge in [0.25, 0.3) is 0 Å². The van der Waals surface area contributed by atoms with E-state index in [9.17, 15) is 19.5 Å². The molecule has 4 rings (SSSR count). The van der Waals surface area contributed by atoms with E-state index in [1.165, 1.54) is 0 Å². The number of benzene rings is 3. The Balaban J connectivity index is 0.00000228. The number of aliphatic carboxylic acids is 1. The first-order valence-electron chi connectivity index (χ1n) is 11.2. The topological polar surface area (TPSA) is 98.5 Å². The second-order valence-electron chi connectivity index (χ2n) is 8.34. The number of nitrogens with one attached hydrogen (secondary N) is 2. The molecule has 0 saturated carbocycles. The molecule has 3 N–H and O–H groups in total. The third kappa shape index (κ3) is 7.26. The molecule has 1 unspecified atom stereocenters. The third-order valence-electron chi connectivity index (χ3n) is 5.88. The number of carboxylic acid groups (broad SMARTS) is 1. The minimum atomic E-state index is -1.05. The molecule has 3 aromatic rings. The second-order valence-corrected chi connectivity index (χ2v) is 8.34. The monoisotopic (exact) mass is 481 g/mol. The Kier molecular flexibility index (Phi) is 9.63. The van der Waals surface area contributed by atoms with Gasteiger partial charge in [0.05, 0.1) is 0 Å². The van der Waals surface area contributed by atoms with Crippen molar-refractivity contribution in [3.8, 4) is 0 Å². The van der Waals surface area contributed by atoms with E-state index in [1.807, 2.05) is 91.0 Å². The van der Waals surface area contributed by atoms with E-state index in [0.29, 0.717) is 19.5 Å². The number of carboxylic acids is 1. The summed E-state index contributed by atoms with van der Waals surface area (Å²) < 4.78 is 0. The zero-order valence-corrected chi connectivity index (χ0v) is 21.6. The Morgan fingerprint density at radius 3 is 1.86 bits per heavy atom. The van der Waals surface area contributed by atoms with Crippen molar-refractivity contribution in [2.75, 3.05) is 0 Å². The van der Waals surface area contributed by atoms with Crippen LogP contribution in [0, 0.1) is 0 Å². The summed E-state index contributed by atoms with van der Waals surface area (Å²) >= 11 is 0. The minimum absolute atomic E-state index is 0. The maximum Gasteiger partial charge on any atom is 1.00 e. The van der Waals surface area contributed by atoms with Gasteiger partial charge in [0.1, 0.15) is 18.1 Å². The Hall–Kier alpha value is -2.97. The van der Waals surface area contributed by atoms with Gasteiger partial charge >= 0.3 is 35.5 Å². The Morgan fingerprint density at radius 2 is 1.31 bits per heavy atom. The van der Waals surface area contributed by atoms with Crippen LogP contribution in [-0.4, -0.2) is 45.9 Å². The number of carbonyl (C=O) groups is 3. The van der Waals surface area contributed by atoms with Crippen LogP contribution in [0.4, 0.5) is 0 Å². The van der Waals surface area contributed by atoms with E-state index >= 15 is 0 Å². The molecule has 1 saturated heterocycles. The van der Waals surface area contributed by atoms with Crippen molar-refractivity contribution in [1.82, 2.24) is 15.5 Å². The number of hydrogen-bond acceptors (Lipinski definition) is 4. The standard InChI is InChI=1S/C27H27N3O4.Na.H/c31-25(28-17-20-12-6-2-7-13-20)22(16-19-10-4-1-5-11-19)29-26(32)23-24(27(33)34)30(23)18-21-14-8-3-9-15-21;;/h1-15,22-24H,16-18H2,(H,28,31)(H,29,32)(H,33,34);;/q;+1;-1/t22-,23-,24-,30?;;/m0../s1. The maximum atomic E-state index is 13.1. The number of amides is 2. The molecule has 4 atom stereocenters. The van der Waals surface area contributed by atoms with Gasteiger partial charge in [-0.2, -0.15) is 0 Å². The summed E-state index contributed by atoms with van der Waals surface area (Å²) in [7, 11) is 0. The second kappa shape index (κ2) is 12.7. The van der Waals surface area contributed by atoms with E-state index < -0.39 is 30.0 Å². The number of nitrogens with zero attached hydrogens (tertiary/aromatic N) is 1. The fraction of sp³-hybridized carbons (Fsp3) is 0.222. The van der Waals surface area contributed by atoms with Crippen LogP contribution in [0.5, 0.6) is 0 Å². The van der Waals surface area contributed by atoms with Gasteiger partial charge < -0.3 is 17.2 Å². The summed E-state index contributed by atoms with van der Waals surface area (Å²) in [6.07, 6.45) is 0.302. The molecule has 1 aliphatic heterocycles. The van der Waals surface area contributed by atoms with Gasteiger partial charge in [-0.05, 0) is 16.7 Å². The van der Waals surface area contributed by atoms with Gasteiger partial charge in [-0.3, -0.25) is 19.3 Å². The van der Waals surface area contributed by atoms with Crippen LogP contribution < -0.4 is 40.2 Å². The molecular formula is C27H28N3NaO4. The van der Waals surface area contributed by atoms with Crippen LogP contribution in [0.1, 0.15) is 18.1 Å². The number of hydrogen-bond donors (Lipinski definition) is 3. The molecule has 0 spiro atoms. The molecule has 0 radical (unpaired) electrons. The maximum absolute atomic E-state index is 13.1. The van der Waals surface area contributed by atoms with Gasteiger partial charge in [-0.25, -0.2) is 0 Å². The molecule has 3 aromatic carbocycles. The molecule has 1 heterocycles. The van der Waals surface area contributed by atoms with Crippen LogP contribution in [0.2, 0.25) is 0 Å².